The van der Waals surface area contributed by atoms with Crippen molar-refractivity contribution in [3.63, 3.8) is 0 Å². The molecule has 2 aromatic heterocycles. The Hall–Kier alpha value is -4.11. The number of esters is 2. The number of nitrogens with zero attached hydrogens (tertiary/aromatic N) is 4. The lowest BCUT2D eigenvalue weighted by molar-refractivity contribution is -0.0563. The largest absolute Gasteiger partial charge is 0.459 e. The summed E-state index contributed by atoms with van der Waals surface area (Å²) in [6.45, 7) is 1.93. The fourth-order valence-corrected chi connectivity index (χ4v) is 4.11. The Labute approximate surface area is 201 Å². The molecule has 1 fully saturated rings. The fraction of sp³-hybridized carbons (Fsp3) is 0.269. The number of fused-ring (bicyclic) bond motifs is 1. The third-order valence-corrected chi connectivity index (χ3v) is 5.92. The zero-order valence-corrected chi connectivity index (χ0v) is 19.1. The van der Waals surface area contributed by atoms with Crippen molar-refractivity contribution in [1.82, 2.24) is 19.5 Å². The summed E-state index contributed by atoms with van der Waals surface area (Å²) in [6, 6.07) is 17.4. The van der Waals surface area contributed by atoms with Crippen molar-refractivity contribution >= 4 is 23.1 Å². The number of carbonyl (C=O) groups excluding carboxylic acids is 2. The molecule has 0 saturated carbocycles. The quantitative estimate of drug-likeness (QED) is 0.375. The number of hydrogen-bond donors (Lipinski definition) is 0. The smallest absolute Gasteiger partial charge is 0.338 e. The van der Waals surface area contributed by atoms with Crippen molar-refractivity contribution in [3.8, 4) is 0 Å². The number of aryl methyl sites for hydroxylation is 1. The average molecular weight is 473 g/mol. The normalized spacial score (nSPS) is 19.5. The van der Waals surface area contributed by atoms with E-state index in [9.17, 15) is 9.59 Å². The first-order valence-electron chi connectivity index (χ1n) is 11.4. The molecule has 0 amide bonds. The lowest BCUT2D eigenvalue weighted by Crippen LogP contribution is -2.32. The summed E-state index contributed by atoms with van der Waals surface area (Å²) in [5.41, 5.74) is 3.05. The molecule has 5 rings (SSSR count). The van der Waals surface area contributed by atoms with Gasteiger partial charge in [0.1, 0.15) is 36.9 Å². The minimum atomic E-state index is -0.662. The summed E-state index contributed by atoms with van der Waals surface area (Å²) in [5, 5.41) is 0. The number of aromatic nitrogens is 4. The molecule has 0 spiro atoms. The van der Waals surface area contributed by atoms with Gasteiger partial charge in [-0.1, -0.05) is 43.3 Å². The van der Waals surface area contributed by atoms with Crippen LogP contribution in [-0.4, -0.2) is 50.3 Å². The topological polar surface area (TPSA) is 105 Å². The minimum absolute atomic E-state index is 0.0706. The van der Waals surface area contributed by atoms with Gasteiger partial charge >= 0.3 is 11.9 Å². The van der Waals surface area contributed by atoms with Gasteiger partial charge in [0, 0.05) is 6.42 Å². The highest BCUT2D eigenvalue weighted by atomic mass is 16.6. The van der Waals surface area contributed by atoms with E-state index in [1.165, 1.54) is 6.33 Å². The predicted octanol–water partition coefficient (Wildman–Crippen LogP) is 3.76. The summed E-state index contributed by atoms with van der Waals surface area (Å²) in [6.07, 6.45) is 2.41. The lowest BCUT2D eigenvalue weighted by Gasteiger charge is -2.19. The van der Waals surface area contributed by atoms with E-state index in [-0.39, 0.29) is 6.61 Å². The zero-order valence-electron chi connectivity index (χ0n) is 19.1. The van der Waals surface area contributed by atoms with E-state index in [1.54, 1.807) is 59.4 Å². The third kappa shape index (κ3) is 4.76. The first kappa shape index (κ1) is 22.7. The molecule has 0 bridgehead atoms. The van der Waals surface area contributed by atoms with E-state index in [1.807, 2.05) is 19.1 Å². The maximum Gasteiger partial charge on any atom is 0.338 e. The maximum atomic E-state index is 12.8. The lowest BCUT2D eigenvalue weighted by atomic mass is 10.1. The molecule has 2 aromatic carbocycles. The number of ether oxygens (including phenoxy) is 3. The zero-order chi connectivity index (χ0) is 24.2. The number of hydrogen-bond acceptors (Lipinski definition) is 8. The van der Waals surface area contributed by atoms with Crippen LogP contribution in [0.3, 0.4) is 0 Å². The van der Waals surface area contributed by atoms with Crippen LogP contribution in [0.5, 0.6) is 0 Å². The van der Waals surface area contributed by atoms with Crippen LogP contribution in [0, 0.1) is 0 Å². The van der Waals surface area contributed by atoms with Crippen LogP contribution in [0.25, 0.3) is 11.2 Å². The number of rotatable bonds is 7. The Morgan fingerprint density at radius 1 is 0.971 bits per heavy atom. The summed E-state index contributed by atoms with van der Waals surface area (Å²) in [7, 11) is 0. The summed E-state index contributed by atoms with van der Waals surface area (Å²) in [4.78, 5) is 38.4. The van der Waals surface area contributed by atoms with Gasteiger partial charge in [0.05, 0.1) is 23.1 Å². The maximum absolute atomic E-state index is 12.8. The van der Waals surface area contributed by atoms with Crippen molar-refractivity contribution in [2.24, 2.45) is 0 Å². The second kappa shape index (κ2) is 10.0. The van der Waals surface area contributed by atoms with Gasteiger partial charge in [-0.25, -0.2) is 24.5 Å². The van der Waals surface area contributed by atoms with E-state index in [2.05, 4.69) is 15.0 Å². The average Bonchev–Trinajstić information content (AvgIpc) is 3.52. The summed E-state index contributed by atoms with van der Waals surface area (Å²) < 4.78 is 19.4. The van der Waals surface area contributed by atoms with Crippen LogP contribution >= 0.6 is 0 Å². The van der Waals surface area contributed by atoms with Gasteiger partial charge < -0.3 is 14.2 Å². The molecule has 1 aliphatic rings. The predicted molar refractivity (Wildman–Crippen MR) is 126 cm³/mol. The van der Waals surface area contributed by atoms with Crippen LogP contribution < -0.4 is 0 Å². The summed E-state index contributed by atoms with van der Waals surface area (Å²) >= 11 is 0. The Kier molecular flexibility index (Phi) is 6.49. The molecule has 35 heavy (non-hydrogen) atoms. The molecule has 3 heterocycles. The van der Waals surface area contributed by atoms with Gasteiger partial charge in [-0.3, -0.25) is 4.57 Å². The summed E-state index contributed by atoms with van der Waals surface area (Å²) in [5.74, 6) is -0.940. The fourth-order valence-electron chi connectivity index (χ4n) is 4.11. The van der Waals surface area contributed by atoms with Crippen LogP contribution in [0.2, 0.25) is 0 Å². The molecule has 0 radical (unpaired) electrons. The van der Waals surface area contributed by atoms with E-state index >= 15 is 0 Å². The van der Waals surface area contributed by atoms with Gasteiger partial charge in [0.2, 0.25) is 0 Å². The van der Waals surface area contributed by atoms with Crippen LogP contribution in [-0.2, 0) is 20.6 Å². The molecule has 4 aromatic rings. The van der Waals surface area contributed by atoms with Crippen molar-refractivity contribution in [3.05, 3.63) is 90.1 Å². The third-order valence-electron chi connectivity index (χ3n) is 5.92. The molecule has 0 aliphatic carbocycles. The Morgan fingerprint density at radius 2 is 1.66 bits per heavy atom. The molecule has 9 heteroatoms. The van der Waals surface area contributed by atoms with Gasteiger partial charge in [0.25, 0.3) is 0 Å². The highest BCUT2D eigenvalue weighted by Crippen LogP contribution is 2.33. The number of imidazole rings is 1. The second-order valence-electron chi connectivity index (χ2n) is 8.14. The Balaban J connectivity index is 1.37. The van der Waals surface area contributed by atoms with Crippen molar-refractivity contribution < 1.29 is 23.8 Å². The van der Waals surface area contributed by atoms with Crippen molar-refractivity contribution in [1.29, 1.82) is 0 Å². The van der Waals surface area contributed by atoms with E-state index in [0.29, 0.717) is 28.7 Å². The van der Waals surface area contributed by atoms with Gasteiger partial charge in [-0.05, 0) is 30.7 Å². The molecule has 0 N–H and O–H groups in total. The van der Waals surface area contributed by atoms with E-state index in [4.69, 9.17) is 14.2 Å². The second-order valence-corrected chi connectivity index (χ2v) is 8.14. The Bertz CT molecular complexity index is 1330. The number of benzene rings is 2. The van der Waals surface area contributed by atoms with Crippen molar-refractivity contribution in [2.75, 3.05) is 6.61 Å². The molecule has 3 atom stereocenters. The van der Waals surface area contributed by atoms with Gasteiger partial charge in [-0.15, -0.1) is 0 Å². The van der Waals surface area contributed by atoms with Crippen LogP contribution in [0.1, 0.15) is 46.0 Å². The standard InChI is InChI=1S/C26H24N4O5/c1-2-19-23-24(28-15-27-19)30(16-29-23)22-13-20(35-26(32)18-11-7-4-8-12-18)21(34-22)14-33-25(31)17-9-5-3-6-10-17/h3-12,15-16,20-22H,2,13-14H2,1H3. The first-order chi connectivity index (χ1) is 17.1. The van der Waals surface area contributed by atoms with Gasteiger partial charge in [0.15, 0.2) is 5.65 Å². The number of carbonyl (C=O) groups is 2. The van der Waals surface area contributed by atoms with E-state index in [0.717, 1.165) is 12.1 Å². The van der Waals surface area contributed by atoms with Gasteiger partial charge in [-0.2, -0.15) is 0 Å². The molecule has 1 aliphatic heterocycles. The van der Waals surface area contributed by atoms with Crippen molar-refractivity contribution in [2.45, 2.75) is 38.2 Å². The SMILES string of the molecule is CCc1ncnc2c1ncn2C1CC(OC(=O)c2ccccc2)C(COC(=O)c2ccccc2)O1. The molecule has 3 unspecified atom stereocenters. The molecule has 178 valence electrons. The van der Waals surface area contributed by atoms with Crippen LogP contribution in [0.15, 0.2) is 73.3 Å². The molecule has 9 nitrogen and oxygen atoms in total. The van der Waals surface area contributed by atoms with Crippen LogP contribution in [0.4, 0.5) is 0 Å². The monoisotopic (exact) mass is 472 g/mol. The van der Waals surface area contributed by atoms with E-state index < -0.39 is 30.4 Å². The minimum Gasteiger partial charge on any atom is -0.459 e. The highest BCUT2D eigenvalue weighted by molar-refractivity contribution is 5.90. The molecular weight excluding hydrogens is 448 g/mol. The first-order valence-corrected chi connectivity index (χ1v) is 11.4. The Morgan fingerprint density at radius 3 is 2.34 bits per heavy atom. The molecular formula is C26H24N4O5. The molecule has 1 saturated heterocycles. The highest BCUT2D eigenvalue weighted by Gasteiger charge is 2.40.